The number of benzene rings is 2. The monoisotopic (exact) mass is 413 g/mol. The largest absolute Gasteiger partial charge is 0.408 e. The molecule has 2 aliphatic rings. The van der Waals surface area contributed by atoms with Gasteiger partial charge in [0.2, 0.25) is 5.96 Å². The Labute approximate surface area is 171 Å². The maximum Gasteiger partial charge on any atom is 0.257 e. The number of nitrogens with one attached hydrogen (secondary N) is 1. The Bertz CT molecular complexity index is 984. The number of nitrogens with two attached hydrogens (primary N) is 1. The molecule has 0 radical (unpaired) electrons. The van der Waals surface area contributed by atoms with Crippen molar-refractivity contribution in [3.63, 3.8) is 0 Å². The van der Waals surface area contributed by atoms with E-state index >= 15 is 0 Å². The highest BCUT2D eigenvalue weighted by atomic mass is 32.2. The number of nitrogens with zero attached hydrogens (tertiary/aromatic N) is 3. The van der Waals surface area contributed by atoms with E-state index in [0.717, 1.165) is 0 Å². The number of guanidine groups is 1. The first kappa shape index (κ1) is 19.3. The fraction of sp³-hybridized carbons (Fsp3) is 0.250. The van der Waals surface area contributed by atoms with E-state index < -0.39 is 5.54 Å². The van der Waals surface area contributed by atoms with Gasteiger partial charge in [-0.3, -0.25) is 4.79 Å². The van der Waals surface area contributed by atoms with Gasteiger partial charge in [0.25, 0.3) is 5.91 Å². The molecule has 0 aliphatic carbocycles. The maximum atomic E-state index is 14.8. The minimum absolute atomic E-state index is 0.0369. The summed E-state index contributed by atoms with van der Waals surface area (Å²) in [6, 6.07) is 15.3. The van der Waals surface area contributed by atoms with Gasteiger partial charge < -0.3 is 21.2 Å². The normalized spacial score (nSPS) is 24.0. The van der Waals surface area contributed by atoms with E-state index in [0.29, 0.717) is 28.6 Å². The summed E-state index contributed by atoms with van der Waals surface area (Å²) in [5.41, 5.74) is 5.82. The van der Waals surface area contributed by atoms with Crippen molar-refractivity contribution in [1.29, 1.82) is 0 Å². The number of rotatable bonds is 2. The average molecular weight is 413 g/mol. The second-order valence-corrected chi connectivity index (χ2v) is 8.00. The topological polar surface area (TPSA) is 103 Å². The van der Waals surface area contributed by atoms with Gasteiger partial charge in [0.1, 0.15) is 11.4 Å². The third-order valence-corrected chi connectivity index (χ3v) is 6.33. The summed E-state index contributed by atoms with van der Waals surface area (Å²) in [6.07, 6.45) is 0. The van der Waals surface area contributed by atoms with Crippen LogP contribution in [-0.2, 0) is 5.54 Å². The Hall–Kier alpha value is -3.07. The van der Waals surface area contributed by atoms with Crippen molar-refractivity contribution >= 4 is 28.8 Å². The number of thioether (sulfide) groups is 1. The molecule has 0 saturated carbocycles. The third kappa shape index (κ3) is 3.53. The van der Waals surface area contributed by atoms with Crippen molar-refractivity contribution in [2.24, 2.45) is 21.8 Å². The number of carbonyl (C=O) groups is 1. The molecule has 1 saturated heterocycles. The number of halogens is 1. The molecule has 2 heterocycles. The molecule has 0 spiro atoms. The molecule has 0 bridgehead atoms. The third-order valence-electron chi connectivity index (χ3n) is 5.29. The van der Waals surface area contributed by atoms with Crippen LogP contribution in [-0.4, -0.2) is 46.0 Å². The molecule has 2 aromatic carbocycles. The lowest BCUT2D eigenvalue weighted by Crippen LogP contribution is -2.43. The van der Waals surface area contributed by atoms with Crippen LogP contribution in [0.4, 0.5) is 4.39 Å². The Balaban J connectivity index is 1.72. The summed E-state index contributed by atoms with van der Waals surface area (Å²) in [4.78, 5) is 19.1. The van der Waals surface area contributed by atoms with Gasteiger partial charge in [-0.15, -0.1) is 0 Å². The summed E-state index contributed by atoms with van der Waals surface area (Å²) in [5, 5.41) is 15.4. The van der Waals surface area contributed by atoms with Crippen LogP contribution in [0.5, 0.6) is 0 Å². The number of amides is 1. The van der Waals surface area contributed by atoms with Crippen molar-refractivity contribution < 1.29 is 14.4 Å². The second kappa shape index (κ2) is 7.75. The number of hydrogen-bond donors (Lipinski definition) is 3. The Kier molecular flexibility index (Phi) is 5.14. The van der Waals surface area contributed by atoms with E-state index in [-0.39, 0.29) is 30.1 Å². The standard InChI is InChI=1S/C20H20FN5O2S/c21-16-9-5-4-8-15(16)20-12-26(18(22)25-28)10-14(20)11-29-19(24-20)23-17(27)13-6-2-1-3-7-13/h1-9,14,28H,10-12H2,(H2,22,25)(H,23,24,27)/t14-,20-/m0/s1. The van der Waals surface area contributed by atoms with Crippen LogP contribution < -0.4 is 11.1 Å². The molecule has 4 rings (SSSR count). The van der Waals surface area contributed by atoms with E-state index in [4.69, 9.17) is 15.9 Å². The van der Waals surface area contributed by atoms with Crippen molar-refractivity contribution in [2.75, 3.05) is 18.8 Å². The van der Waals surface area contributed by atoms with E-state index in [1.807, 2.05) is 6.07 Å². The van der Waals surface area contributed by atoms with Gasteiger partial charge in [0, 0.05) is 29.3 Å². The first-order valence-electron chi connectivity index (χ1n) is 9.10. The Morgan fingerprint density at radius 2 is 2.00 bits per heavy atom. The second-order valence-electron chi connectivity index (χ2n) is 6.99. The SMILES string of the molecule is N/C(=N\O)N1C[C@H]2CSC(NC(=O)c3ccccc3)=N[C@@]2(c2ccccc2F)C1. The predicted octanol–water partition coefficient (Wildman–Crippen LogP) is 2.19. The summed E-state index contributed by atoms with van der Waals surface area (Å²) < 4.78 is 14.8. The average Bonchev–Trinajstić information content (AvgIpc) is 3.14. The predicted molar refractivity (Wildman–Crippen MR) is 110 cm³/mol. The van der Waals surface area contributed by atoms with Crippen LogP contribution in [0.25, 0.3) is 0 Å². The molecule has 7 nitrogen and oxygen atoms in total. The highest BCUT2D eigenvalue weighted by Gasteiger charge is 2.52. The molecule has 2 aromatic rings. The number of carbonyl (C=O) groups excluding carboxylic acids is 1. The quantitative estimate of drug-likeness (QED) is 0.303. The number of aliphatic imine (C=N–C) groups is 1. The molecule has 0 unspecified atom stereocenters. The lowest BCUT2D eigenvalue weighted by Gasteiger charge is -2.35. The minimum atomic E-state index is -0.939. The lowest BCUT2D eigenvalue weighted by atomic mass is 9.81. The van der Waals surface area contributed by atoms with Gasteiger partial charge in [0.15, 0.2) is 5.17 Å². The van der Waals surface area contributed by atoms with Crippen molar-refractivity contribution in [2.45, 2.75) is 5.54 Å². The summed E-state index contributed by atoms with van der Waals surface area (Å²) in [5.74, 6) is -0.141. The van der Waals surface area contributed by atoms with E-state index in [1.54, 1.807) is 47.4 Å². The Morgan fingerprint density at radius 3 is 2.72 bits per heavy atom. The van der Waals surface area contributed by atoms with Crippen LogP contribution in [0.15, 0.2) is 64.7 Å². The zero-order valence-corrected chi connectivity index (χ0v) is 16.3. The van der Waals surface area contributed by atoms with Crippen molar-refractivity contribution in [3.05, 3.63) is 71.5 Å². The summed E-state index contributed by atoms with van der Waals surface area (Å²) in [6.45, 7) is 0.723. The van der Waals surface area contributed by atoms with Gasteiger partial charge in [-0.2, -0.15) is 0 Å². The molecule has 29 heavy (non-hydrogen) atoms. The zero-order valence-electron chi connectivity index (χ0n) is 15.5. The molecule has 2 aliphatic heterocycles. The number of amidine groups is 1. The summed E-state index contributed by atoms with van der Waals surface area (Å²) in [7, 11) is 0. The molecule has 9 heteroatoms. The highest BCUT2D eigenvalue weighted by Crippen LogP contribution is 2.46. The van der Waals surface area contributed by atoms with Crippen LogP contribution >= 0.6 is 11.8 Å². The first-order chi connectivity index (χ1) is 14.0. The molecule has 0 aromatic heterocycles. The molecule has 1 fully saturated rings. The molecule has 4 N–H and O–H groups in total. The van der Waals surface area contributed by atoms with Crippen LogP contribution in [0.1, 0.15) is 15.9 Å². The highest BCUT2D eigenvalue weighted by molar-refractivity contribution is 8.13. The molecular formula is C20H20FN5O2S. The van der Waals surface area contributed by atoms with Gasteiger partial charge in [0.05, 0.1) is 6.54 Å². The maximum absolute atomic E-state index is 14.8. The van der Waals surface area contributed by atoms with Gasteiger partial charge in [-0.25, -0.2) is 9.38 Å². The summed E-state index contributed by atoms with van der Waals surface area (Å²) >= 11 is 1.41. The van der Waals surface area contributed by atoms with Crippen molar-refractivity contribution in [3.8, 4) is 0 Å². The first-order valence-corrected chi connectivity index (χ1v) is 10.1. The number of hydrogen-bond acceptors (Lipinski definition) is 5. The van der Waals surface area contributed by atoms with Crippen LogP contribution in [0.2, 0.25) is 0 Å². The lowest BCUT2D eigenvalue weighted by molar-refractivity contribution is 0.0977. The minimum Gasteiger partial charge on any atom is -0.408 e. The van der Waals surface area contributed by atoms with Crippen molar-refractivity contribution in [1.82, 2.24) is 10.2 Å². The van der Waals surface area contributed by atoms with E-state index in [2.05, 4.69) is 10.5 Å². The number of fused-ring (bicyclic) bond motifs is 1. The van der Waals surface area contributed by atoms with E-state index in [9.17, 15) is 9.18 Å². The van der Waals surface area contributed by atoms with E-state index in [1.165, 1.54) is 17.8 Å². The molecule has 1 amide bonds. The zero-order chi connectivity index (χ0) is 20.4. The fourth-order valence-corrected chi connectivity index (χ4v) is 4.98. The molecule has 2 atom stereocenters. The van der Waals surface area contributed by atoms with Gasteiger partial charge in [-0.1, -0.05) is 53.3 Å². The van der Waals surface area contributed by atoms with Crippen LogP contribution in [0, 0.1) is 11.7 Å². The van der Waals surface area contributed by atoms with Gasteiger partial charge in [-0.05, 0) is 18.2 Å². The number of likely N-dealkylation sites (tertiary alicyclic amines) is 1. The number of oxime groups is 1. The fourth-order valence-electron chi connectivity index (χ4n) is 3.85. The Morgan fingerprint density at radius 1 is 1.28 bits per heavy atom. The molecule has 150 valence electrons. The smallest absolute Gasteiger partial charge is 0.257 e. The van der Waals surface area contributed by atoms with Gasteiger partial charge >= 0.3 is 0 Å². The van der Waals surface area contributed by atoms with Crippen LogP contribution in [0.3, 0.4) is 0 Å². The molecular weight excluding hydrogens is 393 g/mol.